The summed E-state index contributed by atoms with van der Waals surface area (Å²) in [7, 11) is 3.18. The normalized spacial score (nSPS) is 11.3. The van der Waals surface area contributed by atoms with Gasteiger partial charge in [0.2, 0.25) is 0 Å². The molecule has 0 saturated heterocycles. The monoisotopic (exact) mass is 393 g/mol. The van der Waals surface area contributed by atoms with Crippen molar-refractivity contribution in [1.29, 1.82) is 0 Å². The van der Waals surface area contributed by atoms with Crippen LogP contribution < -0.4 is 11.2 Å². The van der Waals surface area contributed by atoms with Crippen molar-refractivity contribution in [1.82, 2.24) is 13.7 Å². The Balaban J connectivity index is 2.19. The summed E-state index contributed by atoms with van der Waals surface area (Å²) in [4.78, 5) is 25.5. The van der Waals surface area contributed by atoms with E-state index in [9.17, 15) is 9.59 Å². The number of aryl methyl sites for hydroxylation is 3. The molecule has 5 nitrogen and oxygen atoms in total. The molecule has 0 saturated carbocycles. The van der Waals surface area contributed by atoms with Crippen LogP contribution in [0.3, 0.4) is 0 Å². The number of benzene rings is 2. The fraction of sp³-hybridized carbons (Fsp3) is 0.182. The van der Waals surface area contributed by atoms with Crippen LogP contribution in [0.1, 0.15) is 11.1 Å². The molecule has 28 heavy (non-hydrogen) atoms. The first-order chi connectivity index (χ1) is 13.3. The Morgan fingerprint density at radius 3 is 2.21 bits per heavy atom. The summed E-state index contributed by atoms with van der Waals surface area (Å²) in [5, 5.41) is 1.15. The minimum absolute atomic E-state index is 0.314. The van der Waals surface area contributed by atoms with E-state index in [1.807, 2.05) is 67.1 Å². The minimum atomic E-state index is -0.355. The molecule has 0 unspecified atom stereocenters. The van der Waals surface area contributed by atoms with Gasteiger partial charge in [0.15, 0.2) is 0 Å². The van der Waals surface area contributed by atoms with E-state index in [2.05, 4.69) is 0 Å². The molecular formula is C22H20ClN3O2. The van der Waals surface area contributed by atoms with Crippen molar-refractivity contribution in [3.05, 3.63) is 85.6 Å². The molecule has 0 fully saturated rings. The molecule has 6 heteroatoms. The van der Waals surface area contributed by atoms with Crippen molar-refractivity contribution in [2.75, 3.05) is 0 Å². The summed E-state index contributed by atoms with van der Waals surface area (Å²) in [6, 6.07) is 13.8. The van der Waals surface area contributed by atoms with Gasteiger partial charge in [-0.25, -0.2) is 4.79 Å². The lowest BCUT2D eigenvalue weighted by Crippen LogP contribution is -2.36. The maximum atomic E-state index is 13.0. The average molecular weight is 394 g/mol. The van der Waals surface area contributed by atoms with Crippen LogP contribution in [0.25, 0.3) is 27.8 Å². The van der Waals surface area contributed by atoms with E-state index in [1.165, 1.54) is 11.6 Å². The van der Waals surface area contributed by atoms with Crippen molar-refractivity contribution >= 4 is 22.5 Å². The molecule has 2 aromatic heterocycles. The van der Waals surface area contributed by atoms with Crippen LogP contribution in [0.5, 0.6) is 0 Å². The smallest absolute Gasteiger partial charge is 0.314 e. The third-order valence-electron chi connectivity index (χ3n) is 5.20. The highest BCUT2D eigenvalue weighted by atomic mass is 35.5. The summed E-state index contributed by atoms with van der Waals surface area (Å²) < 4.78 is 4.58. The van der Waals surface area contributed by atoms with Crippen molar-refractivity contribution in [2.45, 2.75) is 13.8 Å². The van der Waals surface area contributed by atoms with Gasteiger partial charge in [0.25, 0.3) is 5.56 Å². The summed E-state index contributed by atoms with van der Waals surface area (Å²) in [6.07, 6.45) is 1.83. The van der Waals surface area contributed by atoms with Crippen LogP contribution in [0.15, 0.2) is 58.3 Å². The van der Waals surface area contributed by atoms with Crippen LogP contribution in [0.4, 0.5) is 0 Å². The molecule has 0 aliphatic carbocycles. The molecule has 0 atom stereocenters. The molecule has 2 aromatic carbocycles. The number of rotatable bonds is 2. The Morgan fingerprint density at radius 2 is 1.57 bits per heavy atom. The Morgan fingerprint density at radius 1 is 0.893 bits per heavy atom. The Hall–Kier alpha value is -3.05. The van der Waals surface area contributed by atoms with E-state index in [-0.39, 0.29) is 11.2 Å². The standard InChI is InChI=1S/C22H20ClN3O2/c1-13-5-8-15(9-6-13)20-19-18(24(3)22(28)25(4)21(19)27)12-26(20)16-10-7-14(2)17(23)11-16/h5-12H,1-4H3. The van der Waals surface area contributed by atoms with Gasteiger partial charge in [-0.15, -0.1) is 0 Å². The van der Waals surface area contributed by atoms with Gasteiger partial charge >= 0.3 is 5.69 Å². The third-order valence-corrected chi connectivity index (χ3v) is 5.60. The molecular weight excluding hydrogens is 374 g/mol. The second kappa shape index (κ2) is 6.53. The van der Waals surface area contributed by atoms with E-state index in [4.69, 9.17) is 11.6 Å². The molecule has 2 heterocycles. The number of nitrogens with zero attached hydrogens (tertiary/aromatic N) is 3. The molecule has 0 N–H and O–H groups in total. The summed E-state index contributed by atoms with van der Waals surface area (Å²) in [6.45, 7) is 3.96. The van der Waals surface area contributed by atoms with Crippen LogP contribution in [-0.2, 0) is 14.1 Å². The van der Waals surface area contributed by atoms with Crippen LogP contribution in [0, 0.1) is 13.8 Å². The Labute approximate surface area is 167 Å². The van der Waals surface area contributed by atoms with E-state index in [1.54, 1.807) is 7.05 Å². The fourth-order valence-corrected chi connectivity index (χ4v) is 3.65. The quantitative estimate of drug-likeness (QED) is 0.517. The molecule has 0 aliphatic rings. The highest BCUT2D eigenvalue weighted by molar-refractivity contribution is 6.31. The van der Waals surface area contributed by atoms with Gasteiger partial charge in [-0.05, 0) is 37.1 Å². The molecule has 142 valence electrons. The predicted molar refractivity (Wildman–Crippen MR) is 114 cm³/mol. The van der Waals surface area contributed by atoms with Crippen LogP contribution in [0.2, 0.25) is 5.02 Å². The zero-order chi connectivity index (χ0) is 20.2. The fourth-order valence-electron chi connectivity index (χ4n) is 3.47. The first-order valence-electron chi connectivity index (χ1n) is 8.94. The van der Waals surface area contributed by atoms with Crippen molar-refractivity contribution in [2.24, 2.45) is 14.1 Å². The highest BCUT2D eigenvalue weighted by Crippen LogP contribution is 2.32. The first-order valence-corrected chi connectivity index (χ1v) is 9.32. The number of aromatic nitrogens is 3. The second-order valence-corrected chi connectivity index (χ2v) is 7.52. The number of hydrogen-bond donors (Lipinski definition) is 0. The second-order valence-electron chi connectivity index (χ2n) is 7.11. The molecule has 4 aromatic rings. The van der Waals surface area contributed by atoms with Gasteiger partial charge < -0.3 is 4.57 Å². The van der Waals surface area contributed by atoms with Gasteiger partial charge in [0.05, 0.1) is 16.6 Å². The molecule has 0 radical (unpaired) electrons. The average Bonchev–Trinajstić information content (AvgIpc) is 3.08. The lowest BCUT2D eigenvalue weighted by Gasteiger charge is -2.11. The van der Waals surface area contributed by atoms with Gasteiger partial charge in [-0.1, -0.05) is 47.5 Å². The lowest BCUT2D eigenvalue weighted by atomic mass is 10.1. The number of fused-ring (bicyclic) bond motifs is 1. The molecule has 0 bridgehead atoms. The summed E-state index contributed by atoms with van der Waals surface area (Å²) in [5.41, 5.74) is 4.49. The first kappa shape index (κ1) is 18.3. The maximum absolute atomic E-state index is 13.0. The van der Waals surface area contributed by atoms with Crippen LogP contribution in [-0.4, -0.2) is 13.7 Å². The van der Waals surface area contributed by atoms with E-state index < -0.39 is 0 Å². The van der Waals surface area contributed by atoms with E-state index in [0.29, 0.717) is 15.9 Å². The molecule has 0 aliphatic heterocycles. The number of hydrogen-bond acceptors (Lipinski definition) is 2. The molecule has 0 amide bonds. The van der Waals surface area contributed by atoms with Crippen LogP contribution >= 0.6 is 11.6 Å². The zero-order valence-corrected chi connectivity index (χ0v) is 16.9. The predicted octanol–water partition coefficient (Wildman–Crippen LogP) is 3.97. The van der Waals surface area contributed by atoms with Gasteiger partial charge in [0, 0.05) is 31.0 Å². The van der Waals surface area contributed by atoms with Gasteiger partial charge in [-0.3, -0.25) is 13.9 Å². The van der Waals surface area contributed by atoms with Gasteiger partial charge in [0.1, 0.15) is 0 Å². The van der Waals surface area contributed by atoms with E-state index >= 15 is 0 Å². The third kappa shape index (κ3) is 2.70. The minimum Gasteiger partial charge on any atom is -0.314 e. The SMILES string of the molecule is Cc1ccc(-c2c3c(=O)n(C)c(=O)n(C)c3cn2-c2ccc(C)c(Cl)c2)cc1. The molecule has 4 rings (SSSR count). The van der Waals surface area contributed by atoms with Crippen molar-refractivity contribution in [3.63, 3.8) is 0 Å². The van der Waals surface area contributed by atoms with Gasteiger partial charge in [-0.2, -0.15) is 0 Å². The lowest BCUT2D eigenvalue weighted by molar-refractivity contribution is 0.714. The maximum Gasteiger partial charge on any atom is 0.330 e. The zero-order valence-electron chi connectivity index (χ0n) is 16.2. The van der Waals surface area contributed by atoms with Crippen molar-refractivity contribution in [3.8, 4) is 16.9 Å². The topological polar surface area (TPSA) is 48.9 Å². The largest absolute Gasteiger partial charge is 0.330 e. The number of halogens is 1. The summed E-state index contributed by atoms with van der Waals surface area (Å²) >= 11 is 6.36. The summed E-state index contributed by atoms with van der Waals surface area (Å²) in [5.74, 6) is 0. The van der Waals surface area contributed by atoms with E-state index in [0.717, 1.165) is 32.6 Å². The Bertz CT molecular complexity index is 1340. The Kier molecular flexibility index (Phi) is 4.27. The molecule has 0 spiro atoms. The van der Waals surface area contributed by atoms with Crippen molar-refractivity contribution < 1.29 is 0 Å². The highest BCUT2D eigenvalue weighted by Gasteiger charge is 2.20.